The molecule has 0 aromatic heterocycles. The topological polar surface area (TPSA) is 54.0 Å². The maximum Gasteiger partial charge on any atom is 0.412 e. The second-order valence-electron chi connectivity index (χ2n) is 7.20. The van der Waals surface area contributed by atoms with Crippen molar-refractivity contribution in [3.63, 3.8) is 0 Å². The van der Waals surface area contributed by atoms with Crippen LogP contribution in [0.2, 0.25) is 0 Å². The molecule has 0 unspecified atom stereocenters. The summed E-state index contributed by atoms with van der Waals surface area (Å²) in [6.07, 6.45) is 0.386. The minimum Gasteiger partial charge on any atom is -0.410 e. The third-order valence-electron chi connectivity index (χ3n) is 5.26. The van der Waals surface area contributed by atoms with Crippen LogP contribution in [-0.2, 0) is 17.7 Å². The van der Waals surface area contributed by atoms with Gasteiger partial charge >= 0.3 is 6.09 Å². The number of carbonyl (C=O) groups excluding carboxylic acids is 1. The highest BCUT2D eigenvalue weighted by molar-refractivity contribution is 5.71. The Hall–Kier alpha value is -2.57. The molecule has 1 fully saturated rings. The summed E-state index contributed by atoms with van der Waals surface area (Å²) in [5.41, 5.74) is 3.17. The number of anilines is 1. The van der Waals surface area contributed by atoms with E-state index in [2.05, 4.69) is 34.2 Å². The Kier molecular flexibility index (Phi) is 7.90. The molecule has 1 aliphatic heterocycles. The van der Waals surface area contributed by atoms with Crippen molar-refractivity contribution in [2.75, 3.05) is 51.3 Å². The smallest absolute Gasteiger partial charge is 0.410 e. The number of aryl methyl sites for hydroxylation is 1. The van der Waals surface area contributed by atoms with Crippen molar-refractivity contribution < 1.29 is 14.3 Å². The Balaban J connectivity index is 1.59. The zero-order chi connectivity index (χ0) is 20.5. The van der Waals surface area contributed by atoms with E-state index in [1.165, 1.54) is 0 Å². The largest absolute Gasteiger partial charge is 0.412 e. The summed E-state index contributed by atoms with van der Waals surface area (Å²) in [6.45, 7) is 8.17. The number of carbonyl (C=O) groups is 1. The van der Waals surface area contributed by atoms with Gasteiger partial charge in [-0.3, -0.25) is 4.90 Å². The summed E-state index contributed by atoms with van der Waals surface area (Å²) >= 11 is 0. The summed E-state index contributed by atoms with van der Waals surface area (Å²) in [7, 11) is 1.74. The number of hydrogen-bond acceptors (Lipinski definition) is 5. The predicted molar refractivity (Wildman–Crippen MR) is 116 cm³/mol. The number of amides is 1. The highest BCUT2D eigenvalue weighted by atomic mass is 16.6. The first-order valence-electron chi connectivity index (χ1n) is 10.3. The van der Waals surface area contributed by atoms with E-state index >= 15 is 0 Å². The molecular weight excluding hydrogens is 366 g/mol. The van der Waals surface area contributed by atoms with Crippen LogP contribution < -0.4 is 15.0 Å². The van der Waals surface area contributed by atoms with E-state index < -0.39 is 6.09 Å². The molecule has 1 N–H and O–H groups in total. The maximum absolute atomic E-state index is 12.3. The van der Waals surface area contributed by atoms with Gasteiger partial charge in [-0.2, -0.15) is 0 Å². The number of benzene rings is 2. The van der Waals surface area contributed by atoms with Crippen molar-refractivity contribution >= 4 is 11.8 Å². The van der Waals surface area contributed by atoms with Crippen LogP contribution in [0.3, 0.4) is 0 Å². The molecule has 1 saturated heterocycles. The molecular formula is C23H31N3O3. The Morgan fingerprint density at radius 1 is 1.07 bits per heavy atom. The van der Waals surface area contributed by atoms with E-state index in [0.717, 1.165) is 62.6 Å². The molecule has 29 heavy (non-hydrogen) atoms. The van der Waals surface area contributed by atoms with Gasteiger partial charge in [0.2, 0.25) is 0 Å². The summed E-state index contributed by atoms with van der Waals surface area (Å²) in [6, 6.07) is 16.0. The fraction of sp³-hybridized carbons (Fsp3) is 0.435. The maximum atomic E-state index is 12.3. The van der Waals surface area contributed by atoms with Crippen LogP contribution >= 0.6 is 0 Å². The first kappa shape index (κ1) is 21.1. The molecule has 6 heteroatoms. The highest BCUT2D eigenvalue weighted by Gasteiger charge is 2.18. The van der Waals surface area contributed by atoms with Crippen LogP contribution in [0.15, 0.2) is 48.5 Å². The Labute approximate surface area is 173 Å². The second kappa shape index (κ2) is 10.8. The number of hydrogen-bond donors (Lipinski definition) is 1. The Morgan fingerprint density at radius 3 is 2.52 bits per heavy atom. The Morgan fingerprint density at radius 2 is 1.83 bits per heavy atom. The summed E-state index contributed by atoms with van der Waals surface area (Å²) in [5.74, 6) is 0.636. The first-order chi connectivity index (χ1) is 14.2. The number of nitrogens with one attached hydrogen (secondary N) is 1. The van der Waals surface area contributed by atoms with Gasteiger partial charge < -0.3 is 19.7 Å². The number of methoxy groups -OCH3 is 1. The van der Waals surface area contributed by atoms with Gasteiger partial charge in [0, 0.05) is 58.1 Å². The van der Waals surface area contributed by atoms with Gasteiger partial charge in [-0.1, -0.05) is 43.3 Å². The fourth-order valence-electron chi connectivity index (χ4n) is 3.48. The molecule has 2 aromatic rings. The van der Waals surface area contributed by atoms with E-state index in [9.17, 15) is 4.79 Å². The summed E-state index contributed by atoms with van der Waals surface area (Å²) in [4.78, 5) is 17.1. The zero-order valence-corrected chi connectivity index (χ0v) is 17.4. The SMILES string of the molecule is CCc1ccc(N2CCN(CCOC)CC2)cc1OC(=O)NCc1ccccc1. The molecule has 0 spiro atoms. The van der Waals surface area contributed by atoms with Crippen LogP contribution in [0.25, 0.3) is 0 Å². The predicted octanol–water partition coefficient (Wildman–Crippen LogP) is 3.31. The van der Waals surface area contributed by atoms with Gasteiger partial charge in [-0.25, -0.2) is 4.79 Å². The van der Waals surface area contributed by atoms with Crippen LogP contribution in [0, 0.1) is 0 Å². The van der Waals surface area contributed by atoms with Gasteiger partial charge in [-0.15, -0.1) is 0 Å². The van der Waals surface area contributed by atoms with Crippen molar-refractivity contribution in [2.24, 2.45) is 0 Å². The van der Waals surface area contributed by atoms with E-state index in [1.54, 1.807) is 7.11 Å². The van der Waals surface area contributed by atoms with Crippen molar-refractivity contribution in [3.8, 4) is 5.75 Å². The molecule has 3 rings (SSSR count). The summed E-state index contributed by atoms with van der Waals surface area (Å²) < 4.78 is 10.8. The molecule has 0 atom stereocenters. The van der Waals surface area contributed by atoms with E-state index in [0.29, 0.717) is 12.3 Å². The molecule has 1 heterocycles. The van der Waals surface area contributed by atoms with E-state index in [4.69, 9.17) is 9.47 Å². The molecule has 1 amide bonds. The van der Waals surface area contributed by atoms with Gasteiger partial charge in [0.15, 0.2) is 0 Å². The standard InChI is InChI=1S/C23H31N3O3/c1-3-20-9-10-21(26-13-11-25(12-14-26)15-16-28-2)17-22(20)29-23(27)24-18-19-7-5-4-6-8-19/h4-10,17H,3,11-16,18H2,1-2H3,(H,24,27). The third-order valence-corrected chi connectivity index (χ3v) is 5.26. The lowest BCUT2D eigenvalue weighted by Crippen LogP contribution is -2.47. The lowest BCUT2D eigenvalue weighted by molar-refractivity contribution is 0.144. The van der Waals surface area contributed by atoms with Crippen molar-refractivity contribution in [2.45, 2.75) is 19.9 Å². The molecule has 0 saturated carbocycles. The summed E-state index contributed by atoms with van der Waals surface area (Å²) in [5, 5.41) is 2.83. The lowest BCUT2D eigenvalue weighted by Gasteiger charge is -2.36. The van der Waals surface area contributed by atoms with Crippen molar-refractivity contribution in [3.05, 3.63) is 59.7 Å². The van der Waals surface area contributed by atoms with Crippen LogP contribution in [0.5, 0.6) is 5.75 Å². The van der Waals surface area contributed by atoms with Crippen LogP contribution in [-0.4, -0.2) is 57.4 Å². The van der Waals surface area contributed by atoms with Gasteiger partial charge in [0.25, 0.3) is 0 Å². The number of rotatable bonds is 8. The highest BCUT2D eigenvalue weighted by Crippen LogP contribution is 2.27. The zero-order valence-electron chi connectivity index (χ0n) is 17.4. The third kappa shape index (κ3) is 6.21. The minimum absolute atomic E-state index is 0.426. The quantitative estimate of drug-likeness (QED) is 0.741. The molecule has 0 aliphatic carbocycles. The van der Waals surface area contributed by atoms with E-state index in [1.807, 2.05) is 36.4 Å². The molecule has 6 nitrogen and oxygen atoms in total. The van der Waals surface area contributed by atoms with E-state index in [-0.39, 0.29) is 0 Å². The normalized spacial score (nSPS) is 14.6. The first-order valence-corrected chi connectivity index (χ1v) is 10.3. The number of piperazine rings is 1. The van der Waals surface area contributed by atoms with Crippen LogP contribution in [0.4, 0.5) is 10.5 Å². The van der Waals surface area contributed by atoms with Gasteiger partial charge in [0.1, 0.15) is 5.75 Å². The molecule has 2 aromatic carbocycles. The molecule has 0 bridgehead atoms. The Bertz CT molecular complexity index is 774. The van der Waals surface area contributed by atoms with Gasteiger partial charge in [-0.05, 0) is 23.6 Å². The lowest BCUT2D eigenvalue weighted by atomic mass is 10.1. The van der Waals surface area contributed by atoms with Crippen LogP contribution in [0.1, 0.15) is 18.1 Å². The molecule has 0 radical (unpaired) electrons. The average molecular weight is 398 g/mol. The van der Waals surface area contributed by atoms with Gasteiger partial charge in [0.05, 0.1) is 6.61 Å². The fourth-order valence-corrected chi connectivity index (χ4v) is 3.48. The second-order valence-corrected chi connectivity index (χ2v) is 7.20. The molecule has 1 aliphatic rings. The molecule has 156 valence electrons. The monoisotopic (exact) mass is 397 g/mol. The number of ether oxygens (including phenoxy) is 2. The number of nitrogens with zero attached hydrogens (tertiary/aromatic N) is 2. The average Bonchev–Trinajstić information content (AvgIpc) is 2.77. The minimum atomic E-state index is -0.426. The van der Waals surface area contributed by atoms with Crippen molar-refractivity contribution in [1.29, 1.82) is 0 Å². The van der Waals surface area contributed by atoms with Crippen molar-refractivity contribution in [1.82, 2.24) is 10.2 Å².